The van der Waals surface area contributed by atoms with Crippen LogP contribution >= 0.6 is 0 Å². The fourth-order valence-electron chi connectivity index (χ4n) is 1.50. The minimum Gasteiger partial charge on any atom is -0.480 e. The molecule has 0 aromatic rings. The second-order valence-electron chi connectivity index (χ2n) is 3.53. The highest BCUT2D eigenvalue weighted by Crippen LogP contribution is 2.28. The topological polar surface area (TPSA) is 71.4 Å². The summed E-state index contributed by atoms with van der Waals surface area (Å²) in [5, 5.41) is 9.01. The quantitative estimate of drug-likeness (QED) is 0.738. The van der Waals surface area contributed by atoms with E-state index in [2.05, 4.69) is 0 Å². The number of carboxylic acids is 1. The zero-order valence-corrected chi connectivity index (χ0v) is 9.73. The van der Waals surface area contributed by atoms with Gasteiger partial charge in [0.2, 0.25) is 0 Å². The van der Waals surface area contributed by atoms with Gasteiger partial charge in [-0.2, -0.15) is 0 Å². The molecule has 0 saturated heterocycles. The van der Waals surface area contributed by atoms with E-state index < -0.39 is 20.6 Å². The third-order valence-electron chi connectivity index (χ3n) is 2.60. The van der Waals surface area contributed by atoms with Crippen LogP contribution in [0.25, 0.3) is 0 Å². The Kier molecular flexibility index (Phi) is 4.58. The average Bonchev–Trinajstić information content (AvgIpc) is 2.03. The van der Waals surface area contributed by atoms with Gasteiger partial charge in [-0.3, -0.25) is 4.79 Å². The number of hydrogen-bond acceptors (Lipinski definition) is 3. The van der Waals surface area contributed by atoms with Crippen molar-refractivity contribution < 1.29 is 18.3 Å². The van der Waals surface area contributed by atoms with Crippen molar-refractivity contribution in [2.45, 2.75) is 44.3 Å². The molecule has 0 saturated carbocycles. The van der Waals surface area contributed by atoms with Gasteiger partial charge >= 0.3 is 5.97 Å². The monoisotopic (exact) mass is 222 g/mol. The number of carbonyl (C=O) groups is 1. The van der Waals surface area contributed by atoms with Crippen molar-refractivity contribution in [3.63, 3.8) is 0 Å². The van der Waals surface area contributed by atoms with Crippen molar-refractivity contribution in [1.82, 2.24) is 0 Å². The van der Waals surface area contributed by atoms with Gasteiger partial charge in [0.05, 0.1) is 0 Å². The smallest absolute Gasteiger partial charge is 0.325 e. The first-order valence-corrected chi connectivity index (χ1v) is 6.64. The van der Waals surface area contributed by atoms with Crippen LogP contribution in [0.15, 0.2) is 0 Å². The minimum absolute atomic E-state index is 0.126. The van der Waals surface area contributed by atoms with Crippen LogP contribution in [0.4, 0.5) is 0 Å². The largest absolute Gasteiger partial charge is 0.480 e. The van der Waals surface area contributed by atoms with Gasteiger partial charge in [0.1, 0.15) is 0 Å². The predicted octanol–water partition coefficient (Wildman–Crippen LogP) is 1.45. The Balaban J connectivity index is 5.11. The Bertz CT molecular complexity index is 294. The lowest BCUT2D eigenvalue weighted by Gasteiger charge is -2.25. The highest BCUT2D eigenvalue weighted by atomic mass is 32.2. The third-order valence-corrected chi connectivity index (χ3v) is 4.69. The molecule has 0 aliphatic heterocycles. The molecule has 84 valence electrons. The molecule has 0 aromatic heterocycles. The number of sulfone groups is 1. The van der Waals surface area contributed by atoms with E-state index in [0.717, 1.165) is 12.7 Å². The average molecular weight is 222 g/mol. The Morgan fingerprint density at radius 2 is 1.86 bits per heavy atom. The van der Waals surface area contributed by atoms with Gasteiger partial charge in [0.25, 0.3) is 0 Å². The van der Waals surface area contributed by atoms with Crippen LogP contribution in [0.2, 0.25) is 0 Å². The van der Waals surface area contributed by atoms with Crippen molar-refractivity contribution in [3.05, 3.63) is 0 Å². The van der Waals surface area contributed by atoms with Crippen LogP contribution in [0, 0.1) is 0 Å². The maximum atomic E-state index is 11.5. The number of unbranched alkanes of at least 4 members (excludes halogenated alkanes) is 1. The molecule has 14 heavy (non-hydrogen) atoms. The summed E-state index contributed by atoms with van der Waals surface area (Å²) < 4.78 is 21.3. The van der Waals surface area contributed by atoms with Crippen LogP contribution in [0.5, 0.6) is 0 Å². The molecule has 1 N–H and O–H groups in total. The Morgan fingerprint density at radius 1 is 1.36 bits per heavy atom. The fourth-order valence-corrected chi connectivity index (χ4v) is 2.86. The SMILES string of the molecule is CCCCC(CC)(C(=O)O)S(C)(=O)=O. The molecular formula is C9H18O4S. The predicted molar refractivity (Wildman–Crippen MR) is 55.0 cm³/mol. The summed E-state index contributed by atoms with van der Waals surface area (Å²) in [7, 11) is -3.55. The van der Waals surface area contributed by atoms with Crippen molar-refractivity contribution in [3.8, 4) is 0 Å². The molecule has 0 bridgehead atoms. The first-order chi connectivity index (χ1) is 6.31. The van der Waals surface area contributed by atoms with Gasteiger partial charge in [0, 0.05) is 6.26 Å². The Morgan fingerprint density at radius 3 is 2.07 bits per heavy atom. The van der Waals surface area contributed by atoms with Crippen LogP contribution in [-0.4, -0.2) is 30.5 Å². The maximum Gasteiger partial charge on any atom is 0.325 e. The number of carboxylic acid groups (broad SMARTS) is 1. The van der Waals surface area contributed by atoms with E-state index in [9.17, 15) is 13.2 Å². The molecule has 1 unspecified atom stereocenters. The van der Waals surface area contributed by atoms with Crippen molar-refractivity contribution >= 4 is 15.8 Å². The van der Waals surface area contributed by atoms with E-state index in [0.29, 0.717) is 6.42 Å². The second-order valence-corrected chi connectivity index (χ2v) is 5.85. The van der Waals surface area contributed by atoms with Crippen LogP contribution in [0.3, 0.4) is 0 Å². The number of aliphatic carboxylic acids is 1. The summed E-state index contributed by atoms with van der Waals surface area (Å²) in [5.41, 5.74) is 0. The molecule has 0 aliphatic carbocycles. The summed E-state index contributed by atoms with van der Waals surface area (Å²) in [4.78, 5) is 11.0. The van der Waals surface area contributed by atoms with E-state index in [1.54, 1.807) is 6.92 Å². The van der Waals surface area contributed by atoms with Gasteiger partial charge < -0.3 is 5.11 Å². The van der Waals surface area contributed by atoms with E-state index in [1.807, 2.05) is 6.92 Å². The zero-order chi connectivity index (χ0) is 11.4. The van der Waals surface area contributed by atoms with Gasteiger partial charge in [0.15, 0.2) is 14.6 Å². The summed E-state index contributed by atoms with van der Waals surface area (Å²) in [6.45, 7) is 3.51. The third kappa shape index (κ3) is 2.47. The molecular weight excluding hydrogens is 204 g/mol. The summed E-state index contributed by atoms with van der Waals surface area (Å²) in [6.07, 6.45) is 2.74. The first kappa shape index (κ1) is 13.4. The summed E-state index contributed by atoms with van der Waals surface area (Å²) >= 11 is 0. The van der Waals surface area contributed by atoms with E-state index in [4.69, 9.17) is 5.11 Å². The molecule has 4 nitrogen and oxygen atoms in total. The van der Waals surface area contributed by atoms with E-state index in [-0.39, 0.29) is 12.8 Å². The molecule has 0 amide bonds. The first-order valence-electron chi connectivity index (χ1n) is 4.74. The van der Waals surface area contributed by atoms with Crippen molar-refractivity contribution in [2.24, 2.45) is 0 Å². The molecule has 0 spiro atoms. The molecule has 1 atom stereocenters. The van der Waals surface area contributed by atoms with Gasteiger partial charge in [-0.25, -0.2) is 8.42 Å². The number of hydrogen-bond donors (Lipinski definition) is 1. The fraction of sp³-hybridized carbons (Fsp3) is 0.889. The minimum atomic E-state index is -3.55. The molecule has 0 rings (SSSR count). The Hall–Kier alpha value is -0.580. The van der Waals surface area contributed by atoms with Gasteiger partial charge in [-0.1, -0.05) is 26.7 Å². The molecule has 0 heterocycles. The van der Waals surface area contributed by atoms with Crippen LogP contribution in [0.1, 0.15) is 39.5 Å². The molecule has 0 aromatic carbocycles. The lowest BCUT2D eigenvalue weighted by atomic mass is 9.98. The summed E-state index contributed by atoms with van der Waals surface area (Å²) in [6, 6.07) is 0. The van der Waals surface area contributed by atoms with Crippen molar-refractivity contribution in [1.29, 1.82) is 0 Å². The summed E-state index contributed by atoms with van der Waals surface area (Å²) in [5.74, 6) is -1.23. The molecule has 0 radical (unpaired) electrons. The Labute approximate surface area is 85.2 Å². The maximum absolute atomic E-state index is 11.5. The standard InChI is InChI=1S/C9H18O4S/c1-4-6-7-9(5-2,8(10)11)14(3,12)13/h4-7H2,1-3H3,(H,10,11). The highest BCUT2D eigenvalue weighted by molar-refractivity contribution is 7.92. The van der Waals surface area contributed by atoms with Crippen LogP contribution < -0.4 is 0 Å². The van der Waals surface area contributed by atoms with Gasteiger partial charge in [-0.15, -0.1) is 0 Å². The highest BCUT2D eigenvalue weighted by Gasteiger charge is 2.45. The second kappa shape index (κ2) is 4.77. The molecule has 0 aliphatic rings. The van der Waals surface area contributed by atoms with E-state index >= 15 is 0 Å². The normalized spacial score (nSPS) is 16.2. The van der Waals surface area contributed by atoms with Crippen LogP contribution in [-0.2, 0) is 14.6 Å². The lowest BCUT2D eigenvalue weighted by Crippen LogP contribution is -2.45. The van der Waals surface area contributed by atoms with Crippen molar-refractivity contribution in [2.75, 3.05) is 6.26 Å². The van der Waals surface area contributed by atoms with E-state index in [1.165, 1.54) is 0 Å². The number of rotatable bonds is 6. The molecule has 5 heteroatoms. The zero-order valence-electron chi connectivity index (χ0n) is 8.91. The molecule has 0 fully saturated rings. The van der Waals surface area contributed by atoms with Gasteiger partial charge in [-0.05, 0) is 12.8 Å². The lowest BCUT2D eigenvalue weighted by molar-refractivity contribution is -0.140.